The Morgan fingerprint density at radius 3 is 2.35 bits per heavy atom. The van der Waals surface area contributed by atoms with Crippen LogP contribution >= 0.6 is 27.7 Å². The lowest BCUT2D eigenvalue weighted by Gasteiger charge is -2.24. The van der Waals surface area contributed by atoms with E-state index in [0.717, 1.165) is 21.4 Å². The van der Waals surface area contributed by atoms with Crippen molar-refractivity contribution in [1.82, 2.24) is 0 Å². The molecule has 3 aromatic rings. The molecule has 0 aliphatic carbocycles. The number of hydrogen-bond acceptors (Lipinski definition) is 4. The standard InChI is InChI=1S/C24H15BrFN3OS/c25-17-12-10-16(11-13-17)22-15-31-24(29(22)18-6-2-1-3-7-18)19(14-27)23(30)28-21-9-5-4-8-20(21)26/h1-13,15H,(H,28,30)/b24-19-. The molecule has 0 fully saturated rings. The third kappa shape index (κ3) is 4.41. The zero-order valence-corrected chi connectivity index (χ0v) is 18.5. The van der Waals surface area contributed by atoms with Crippen LogP contribution in [-0.4, -0.2) is 5.91 Å². The smallest absolute Gasteiger partial charge is 0.269 e. The number of carbonyl (C=O) groups is 1. The molecule has 1 aliphatic heterocycles. The number of carbonyl (C=O) groups excluding carboxylic acids is 1. The van der Waals surface area contributed by atoms with Crippen molar-refractivity contribution in [3.63, 3.8) is 0 Å². The molecule has 4 nitrogen and oxygen atoms in total. The molecule has 0 unspecified atom stereocenters. The highest BCUT2D eigenvalue weighted by Gasteiger charge is 2.30. The van der Waals surface area contributed by atoms with Crippen LogP contribution in [0.15, 0.2) is 99.3 Å². The molecule has 0 saturated carbocycles. The predicted octanol–water partition coefficient (Wildman–Crippen LogP) is 6.51. The van der Waals surface area contributed by atoms with Crippen LogP contribution in [0.5, 0.6) is 0 Å². The Labute approximate surface area is 191 Å². The summed E-state index contributed by atoms with van der Waals surface area (Å²) in [5.41, 5.74) is 2.51. The molecule has 31 heavy (non-hydrogen) atoms. The van der Waals surface area contributed by atoms with Crippen molar-refractivity contribution in [3.05, 3.63) is 111 Å². The van der Waals surface area contributed by atoms with Crippen LogP contribution in [0.2, 0.25) is 0 Å². The van der Waals surface area contributed by atoms with Gasteiger partial charge in [0.25, 0.3) is 5.91 Å². The summed E-state index contributed by atoms with van der Waals surface area (Å²) in [6, 6.07) is 25.1. The summed E-state index contributed by atoms with van der Waals surface area (Å²) in [7, 11) is 0. The number of nitrogens with one attached hydrogen (secondary N) is 1. The molecule has 1 heterocycles. The number of thioether (sulfide) groups is 1. The van der Waals surface area contributed by atoms with Gasteiger partial charge in [0.15, 0.2) is 0 Å². The molecule has 152 valence electrons. The lowest BCUT2D eigenvalue weighted by Crippen LogP contribution is -2.22. The van der Waals surface area contributed by atoms with Crippen molar-refractivity contribution in [2.75, 3.05) is 10.2 Å². The van der Waals surface area contributed by atoms with Gasteiger partial charge in [-0.3, -0.25) is 4.79 Å². The van der Waals surface area contributed by atoms with Gasteiger partial charge in [-0.1, -0.05) is 70.2 Å². The first-order valence-corrected chi connectivity index (χ1v) is 10.9. The van der Waals surface area contributed by atoms with E-state index in [0.29, 0.717) is 5.03 Å². The van der Waals surface area contributed by atoms with E-state index in [2.05, 4.69) is 21.2 Å². The van der Waals surface area contributed by atoms with Crippen molar-refractivity contribution < 1.29 is 9.18 Å². The zero-order chi connectivity index (χ0) is 21.8. The Balaban J connectivity index is 1.77. The van der Waals surface area contributed by atoms with Crippen LogP contribution in [-0.2, 0) is 4.79 Å². The molecule has 1 N–H and O–H groups in total. The molecule has 1 aliphatic rings. The van der Waals surface area contributed by atoms with Gasteiger partial charge in [0.05, 0.1) is 11.4 Å². The minimum Gasteiger partial charge on any atom is -0.319 e. The van der Waals surface area contributed by atoms with Gasteiger partial charge in [-0.25, -0.2) is 4.39 Å². The minimum atomic E-state index is -0.665. The van der Waals surface area contributed by atoms with Gasteiger partial charge >= 0.3 is 0 Å². The lowest BCUT2D eigenvalue weighted by atomic mass is 10.1. The molecule has 7 heteroatoms. The van der Waals surface area contributed by atoms with Gasteiger partial charge in [0.1, 0.15) is 22.5 Å². The highest BCUT2D eigenvalue weighted by Crippen LogP contribution is 2.44. The Kier molecular flexibility index (Phi) is 6.21. The monoisotopic (exact) mass is 491 g/mol. The molecule has 3 aromatic carbocycles. The first-order valence-electron chi connectivity index (χ1n) is 9.26. The number of nitrogens with zero attached hydrogens (tertiary/aromatic N) is 2. The number of benzene rings is 3. The molecular weight excluding hydrogens is 477 g/mol. The summed E-state index contributed by atoms with van der Waals surface area (Å²) in [5, 5.41) is 14.7. The van der Waals surface area contributed by atoms with Crippen LogP contribution in [0.25, 0.3) is 5.70 Å². The van der Waals surface area contributed by atoms with E-state index in [1.54, 1.807) is 6.07 Å². The van der Waals surface area contributed by atoms with E-state index in [1.165, 1.54) is 30.0 Å². The van der Waals surface area contributed by atoms with E-state index in [-0.39, 0.29) is 11.3 Å². The molecule has 0 saturated heterocycles. The summed E-state index contributed by atoms with van der Waals surface area (Å²) in [6.07, 6.45) is 0. The molecular formula is C24H15BrFN3OS. The predicted molar refractivity (Wildman–Crippen MR) is 126 cm³/mol. The summed E-state index contributed by atoms with van der Waals surface area (Å²) in [6.45, 7) is 0. The van der Waals surface area contributed by atoms with E-state index >= 15 is 0 Å². The van der Waals surface area contributed by atoms with Crippen molar-refractivity contribution in [3.8, 4) is 6.07 Å². The average molecular weight is 492 g/mol. The molecule has 0 spiro atoms. The number of nitriles is 1. The number of anilines is 2. The molecule has 0 aromatic heterocycles. The van der Waals surface area contributed by atoms with E-state index in [9.17, 15) is 14.4 Å². The normalized spacial score (nSPS) is 14.6. The Bertz CT molecular complexity index is 1230. The maximum absolute atomic E-state index is 14.0. The van der Waals surface area contributed by atoms with Crippen molar-refractivity contribution in [2.24, 2.45) is 0 Å². The summed E-state index contributed by atoms with van der Waals surface area (Å²) in [4.78, 5) is 14.8. The van der Waals surface area contributed by atoms with Crippen LogP contribution < -0.4 is 10.2 Å². The quantitative estimate of drug-likeness (QED) is 0.333. The maximum Gasteiger partial charge on any atom is 0.269 e. The SMILES string of the molecule is N#C/C(C(=O)Nc1ccccc1F)=C1/SC=C(c2ccc(Br)cc2)N1c1ccccc1. The Morgan fingerprint density at radius 1 is 1.00 bits per heavy atom. The largest absolute Gasteiger partial charge is 0.319 e. The second kappa shape index (κ2) is 9.21. The molecule has 4 rings (SSSR count). The van der Waals surface area contributed by atoms with Crippen molar-refractivity contribution in [1.29, 1.82) is 5.26 Å². The first kappa shape index (κ1) is 20.9. The zero-order valence-electron chi connectivity index (χ0n) is 16.0. The number of rotatable bonds is 4. The number of hydrogen-bond donors (Lipinski definition) is 1. The second-order valence-corrected chi connectivity index (χ2v) is 8.30. The van der Waals surface area contributed by atoms with Crippen molar-refractivity contribution >= 4 is 50.7 Å². The fourth-order valence-electron chi connectivity index (χ4n) is 3.09. The third-order valence-corrected chi connectivity index (χ3v) is 6.04. The average Bonchev–Trinajstić information content (AvgIpc) is 3.22. The van der Waals surface area contributed by atoms with E-state index in [4.69, 9.17) is 0 Å². The first-order chi connectivity index (χ1) is 15.1. The van der Waals surface area contributed by atoms with E-state index in [1.807, 2.05) is 71.0 Å². The number of para-hydroxylation sites is 2. The molecule has 0 radical (unpaired) electrons. The van der Waals surface area contributed by atoms with Gasteiger partial charge in [0.2, 0.25) is 0 Å². The minimum absolute atomic E-state index is 0.0243. The summed E-state index contributed by atoms with van der Waals surface area (Å²) < 4.78 is 15.0. The van der Waals surface area contributed by atoms with Gasteiger partial charge < -0.3 is 10.2 Å². The Hall–Kier alpha value is -3.34. The number of amides is 1. The summed E-state index contributed by atoms with van der Waals surface area (Å²) in [5.74, 6) is -1.23. The van der Waals surface area contributed by atoms with Gasteiger partial charge in [-0.05, 0) is 42.0 Å². The lowest BCUT2D eigenvalue weighted by molar-refractivity contribution is -0.112. The summed E-state index contributed by atoms with van der Waals surface area (Å²) >= 11 is 4.73. The van der Waals surface area contributed by atoms with Gasteiger partial charge in [0, 0.05) is 15.6 Å². The fourth-order valence-corrected chi connectivity index (χ4v) is 4.39. The van der Waals surface area contributed by atoms with Crippen LogP contribution in [0, 0.1) is 17.1 Å². The molecule has 1 amide bonds. The van der Waals surface area contributed by atoms with Gasteiger partial charge in [-0.2, -0.15) is 5.26 Å². The van der Waals surface area contributed by atoms with Crippen LogP contribution in [0.3, 0.4) is 0 Å². The highest BCUT2D eigenvalue weighted by atomic mass is 79.9. The fraction of sp³-hybridized carbons (Fsp3) is 0. The van der Waals surface area contributed by atoms with Gasteiger partial charge in [-0.15, -0.1) is 0 Å². The molecule has 0 bridgehead atoms. The third-order valence-electron chi connectivity index (χ3n) is 4.56. The number of halogens is 2. The Morgan fingerprint density at radius 2 is 1.68 bits per heavy atom. The van der Waals surface area contributed by atoms with Crippen LogP contribution in [0.4, 0.5) is 15.8 Å². The van der Waals surface area contributed by atoms with E-state index < -0.39 is 11.7 Å². The van der Waals surface area contributed by atoms with Crippen molar-refractivity contribution in [2.45, 2.75) is 0 Å². The highest BCUT2D eigenvalue weighted by molar-refractivity contribution is 9.10. The second-order valence-electron chi connectivity index (χ2n) is 6.52. The topological polar surface area (TPSA) is 56.1 Å². The molecule has 0 atom stereocenters. The maximum atomic E-state index is 14.0. The van der Waals surface area contributed by atoms with Crippen LogP contribution in [0.1, 0.15) is 5.56 Å².